The van der Waals surface area contributed by atoms with Crippen LogP contribution in [0.25, 0.3) is 10.7 Å². The van der Waals surface area contributed by atoms with Gasteiger partial charge < -0.3 is 5.32 Å². The molecule has 1 atom stereocenters. The molecule has 2 aromatic rings. The minimum atomic E-state index is 0.315. The van der Waals surface area contributed by atoms with E-state index in [9.17, 15) is 0 Å². The van der Waals surface area contributed by atoms with Crippen LogP contribution in [0.4, 0.5) is 0 Å². The smallest absolute Gasteiger partial charge is 0.142 e. The number of thiazole rings is 1. The van der Waals surface area contributed by atoms with E-state index >= 15 is 0 Å². The fourth-order valence-electron chi connectivity index (χ4n) is 3.18. The molecular formula is C16H24N4S. The highest BCUT2D eigenvalue weighted by Gasteiger charge is 2.34. The largest absolute Gasteiger partial charge is 0.312 e. The first-order valence-corrected chi connectivity index (χ1v) is 8.55. The number of aromatic nitrogens is 3. The highest BCUT2D eigenvalue weighted by Crippen LogP contribution is 2.44. The van der Waals surface area contributed by atoms with Crippen LogP contribution in [0.3, 0.4) is 0 Å². The quantitative estimate of drug-likeness (QED) is 0.937. The lowest BCUT2D eigenvalue weighted by atomic mass is 9.76. The number of hydrogen-bond donors (Lipinski definition) is 1. The lowest BCUT2D eigenvalue weighted by Crippen LogP contribution is -2.30. The zero-order valence-electron chi connectivity index (χ0n) is 13.3. The molecule has 1 unspecified atom stereocenters. The van der Waals surface area contributed by atoms with Gasteiger partial charge in [-0.2, -0.15) is 5.10 Å². The first kappa shape index (κ1) is 14.7. The van der Waals surface area contributed by atoms with E-state index in [1.165, 1.54) is 17.0 Å². The monoisotopic (exact) mass is 304 g/mol. The van der Waals surface area contributed by atoms with Gasteiger partial charge in [-0.15, -0.1) is 11.3 Å². The maximum atomic E-state index is 4.95. The van der Waals surface area contributed by atoms with Crippen molar-refractivity contribution in [3.8, 4) is 10.7 Å². The summed E-state index contributed by atoms with van der Waals surface area (Å²) in [5.41, 5.74) is 2.74. The van der Waals surface area contributed by atoms with Crippen molar-refractivity contribution in [1.82, 2.24) is 20.1 Å². The Balaban J connectivity index is 2.00. The second-order valence-corrected chi connectivity index (χ2v) is 7.69. The first-order chi connectivity index (χ1) is 10.0. The van der Waals surface area contributed by atoms with Crippen LogP contribution in [0.1, 0.15) is 50.2 Å². The Morgan fingerprint density at radius 2 is 2.29 bits per heavy atom. The second-order valence-electron chi connectivity index (χ2n) is 6.66. The van der Waals surface area contributed by atoms with Gasteiger partial charge in [-0.25, -0.2) is 4.98 Å². The Morgan fingerprint density at radius 3 is 3.00 bits per heavy atom. The van der Waals surface area contributed by atoms with Gasteiger partial charge >= 0.3 is 0 Å². The summed E-state index contributed by atoms with van der Waals surface area (Å²) in [7, 11) is 2.05. The van der Waals surface area contributed by atoms with Crippen LogP contribution in [0.15, 0.2) is 12.3 Å². The zero-order chi connectivity index (χ0) is 15.0. The highest BCUT2D eigenvalue weighted by molar-refractivity contribution is 7.15. The van der Waals surface area contributed by atoms with E-state index in [2.05, 4.69) is 49.0 Å². The number of nitrogens with one attached hydrogen (secondary N) is 1. The van der Waals surface area contributed by atoms with Gasteiger partial charge in [-0.3, -0.25) is 4.68 Å². The van der Waals surface area contributed by atoms with E-state index in [4.69, 9.17) is 4.98 Å². The van der Waals surface area contributed by atoms with Gasteiger partial charge in [-0.1, -0.05) is 20.8 Å². The molecule has 1 N–H and O–H groups in total. The number of nitrogens with zero attached hydrogens (tertiary/aromatic N) is 3. The molecule has 0 aromatic carbocycles. The van der Waals surface area contributed by atoms with Gasteiger partial charge in [0.2, 0.25) is 0 Å². The minimum Gasteiger partial charge on any atom is -0.312 e. The van der Waals surface area contributed by atoms with Crippen LogP contribution in [0.5, 0.6) is 0 Å². The Morgan fingerprint density at radius 1 is 1.48 bits per heavy atom. The van der Waals surface area contributed by atoms with Gasteiger partial charge in [0, 0.05) is 23.7 Å². The second kappa shape index (κ2) is 5.54. The van der Waals surface area contributed by atoms with Crippen molar-refractivity contribution in [2.75, 3.05) is 7.05 Å². The van der Waals surface area contributed by atoms with Crippen LogP contribution < -0.4 is 5.32 Å². The molecule has 0 spiro atoms. The van der Waals surface area contributed by atoms with E-state index in [0.717, 1.165) is 30.1 Å². The standard InChI is InChI=1S/C16H24N4S/c1-5-8-20-13(6-7-18-20)15-19-12-10-16(2,3)9-11(17-4)14(12)21-15/h6-7,11,17H,5,8-10H2,1-4H3. The molecule has 3 rings (SSSR count). The third-order valence-corrected chi connectivity index (χ3v) is 5.40. The molecule has 2 aromatic heterocycles. The SMILES string of the molecule is CCCn1nccc1-c1nc2c(s1)C(NC)CC(C)(C)C2. The lowest BCUT2D eigenvalue weighted by Gasteiger charge is -2.34. The molecule has 0 saturated heterocycles. The maximum Gasteiger partial charge on any atom is 0.142 e. The fourth-order valence-corrected chi connectivity index (χ4v) is 4.40. The van der Waals surface area contributed by atoms with E-state index in [-0.39, 0.29) is 0 Å². The maximum absolute atomic E-state index is 4.95. The number of aryl methyl sites for hydroxylation is 1. The summed E-state index contributed by atoms with van der Waals surface area (Å²) in [6.45, 7) is 7.80. The summed E-state index contributed by atoms with van der Waals surface area (Å²) >= 11 is 1.83. The minimum absolute atomic E-state index is 0.315. The van der Waals surface area contributed by atoms with Gasteiger partial charge in [0.1, 0.15) is 5.01 Å². The molecule has 0 fully saturated rings. The Kier molecular flexibility index (Phi) is 3.88. The molecule has 1 aliphatic carbocycles. The fraction of sp³-hybridized carbons (Fsp3) is 0.625. The normalized spacial score (nSPS) is 20.5. The number of fused-ring (bicyclic) bond motifs is 1. The molecule has 4 nitrogen and oxygen atoms in total. The Bertz CT molecular complexity index is 626. The number of rotatable bonds is 4. The molecule has 21 heavy (non-hydrogen) atoms. The van der Waals surface area contributed by atoms with E-state index in [0.29, 0.717) is 11.5 Å². The summed E-state index contributed by atoms with van der Waals surface area (Å²) in [5, 5.41) is 9.00. The van der Waals surface area contributed by atoms with Crippen LogP contribution in [0, 0.1) is 5.41 Å². The van der Waals surface area contributed by atoms with Gasteiger partial charge in [0.25, 0.3) is 0 Å². The summed E-state index contributed by atoms with van der Waals surface area (Å²) in [6.07, 6.45) is 5.21. The van der Waals surface area contributed by atoms with Gasteiger partial charge in [0.05, 0.1) is 11.4 Å². The van der Waals surface area contributed by atoms with E-state index in [1.807, 2.05) is 17.5 Å². The van der Waals surface area contributed by atoms with Gasteiger partial charge in [-0.05, 0) is 37.8 Å². The highest BCUT2D eigenvalue weighted by atomic mass is 32.1. The molecule has 114 valence electrons. The number of hydrogen-bond acceptors (Lipinski definition) is 4. The zero-order valence-corrected chi connectivity index (χ0v) is 14.1. The van der Waals surface area contributed by atoms with Crippen LogP contribution in [-0.2, 0) is 13.0 Å². The third kappa shape index (κ3) is 2.77. The van der Waals surface area contributed by atoms with Crippen molar-refractivity contribution >= 4 is 11.3 Å². The molecule has 1 aliphatic rings. The molecule has 0 radical (unpaired) electrons. The van der Waals surface area contributed by atoms with Crippen molar-refractivity contribution in [3.63, 3.8) is 0 Å². The van der Waals surface area contributed by atoms with Crippen LogP contribution in [0.2, 0.25) is 0 Å². The lowest BCUT2D eigenvalue weighted by molar-refractivity contribution is 0.265. The molecule has 0 aliphatic heterocycles. The van der Waals surface area contributed by atoms with Crippen LogP contribution in [-0.4, -0.2) is 21.8 Å². The third-order valence-electron chi connectivity index (χ3n) is 4.17. The topological polar surface area (TPSA) is 42.7 Å². The van der Waals surface area contributed by atoms with Gasteiger partial charge in [0.15, 0.2) is 0 Å². The predicted molar refractivity (Wildman–Crippen MR) is 87.5 cm³/mol. The molecule has 2 heterocycles. The summed E-state index contributed by atoms with van der Waals surface area (Å²) in [6, 6.07) is 2.51. The van der Waals surface area contributed by atoms with E-state index < -0.39 is 0 Å². The summed E-state index contributed by atoms with van der Waals surface area (Å²) < 4.78 is 2.07. The summed E-state index contributed by atoms with van der Waals surface area (Å²) in [5.74, 6) is 0. The molecule has 0 amide bonds. The predicted octanol–water partition coefficient (Wildman–Crippen LogP) is 3.65. The summed E-state index contributed by atoms with van der Waals surface area (Å²) in [4.78, 5) is 6.36. The van der Waals surface area contributed by atoms with Crippen molar-refractivity contribution in [2.45, 2.75) is 52.6 Å². The first-order valence-electron chi connectivity index (χ1n) is 7.73. The molecule has 0 saturated carbocycles. The van der Waals surface area contributed by atoms with Crippen molar-refractivity contribution in [1.29, 1.82) is 0 Å². The van der Waals surface area contributed by atoms with Crippen molar-refractivity contribution in [3.05, 3.63) is 22.8 Å². The average Bonchev–Trinajstić information content (AvgIpc) is 3.03. The Labute approximate surface area is 130 Å². The molecule has 0 bridgehead atoms. The average molecular weight is 304 g/mol. The molecule has 5 heteroatoms. The van der Waals surface area contributed by atoms with Crippen LogP contribution >= 0.6 is 11.3 Å². The van der Waals surface area contributed by atoms with Crippen molar-refractivity contribution < 1.29 is 0 Å². The molecular weight excluding hydrogens is 280 g/mol. The Hall–Kier alpha value is -1.20. The van der Waals surface area contributed by atoms with Crippen molar-refractivity contribution in [2.24, 2.45) is 5.41 Å². The van der Waals surface area contributed by atoms with E-state index in [1.54, 1.807) is 0 Å².